The lowest BCUT2D eigenvalue weighted by Gasteiger charge is -1.96. The average molecular weight is 196 g/mol. The van der Waals surface area contributed by atoms with Gasteiger partial charge in [-0.05, 0) is 12.8 Å². The lowest BCUT2D eigenvalue weighted by molar-refractivity contribution is 0.377. The van der Waals surface area contributed by atoms with Crippen LogP contribution in [0.3, 0.4) is 0 Å². The summed E-state index contributed by atoms with van der Waals surface area (Å²) in [7, 11) is 0. The van der Waals surface area contributed by atoms with Crippen molar-refractivity contribution in [3.63, 3.8) is 0 Å². The van der Waals surface area contributed by atoms with E-state index in [2.05, 4.69) is 12.1 Å². The van der Waals surface area contributed by atoms with Crippen LogP contribution in [0, 0.1) is 0 Å². The van der Waals surface area contributed by atoms with Crippen molar-refractivity contribution in [1.82, 2.24) is 5.16 Å². The van der Waals surface area contributed by atoms with Gasteiger partial charge < -0.3 is 10.3 Å². The Morgan fingerprint density at radius 3 is 2.71 bits per heavy atom. The molecule has 0 saturated carbocycles. The third-order valence-corrected chi connectivity index (χ3v) is 2.35. The van der Waals surface area contributed by atoms with E-state index in [-0.39, 0.29) is 0 Å². The molecule has 1 aromatic heterocycles. The van der Waals surface area contributed by atoms with E-state index in [1.807, 2.05) is 6.07 Å². The fraction of sp³-hybridized carbons (Fsp3) is 0.727. The summed E-state index contributed by atoms with van der Waals surface area (Å²) >= 11 is 0. The maximum Gasteiger partial charge on any atom is 0.150 e. The van der Waals surface area contributed by atoms with Gasteiger partial charge in [0.05, 0.1) is 12.2 Å². The largest absolute Gasteiger partial charge is 0.360 e. The predicted molar refractivity (Wildman–Crippen MR) is 56.9 cm³/mol. The Bertz CT molecular complexity index is 245. The minimum absolute atomic E-state index is 0.447. The normalized spacial score (nSPS) is 10.7. The zero-order valence-electron chi connectivity index (χ0n) is 8.96. The summed E-state index contributed by atoms with van der Waals surface area (Å²) in [5.41, 5.74) is 6.47. The van der Waals surface area contributed by atoms with Crippen molar-refractivity contribution in [2.24, 2.45) is 5.73 Å². The summed E-state index contributed by atoms with van der Waals surface area (Å²) in [4.78, 5) is 0. The highest BCUT2D eigenvalue weighted by Crippen LogP contribution is 2.09. The van der Waals surface area contributed by atoms with Gasteiger partial charge in [-0.2, -0.15) is 0 Å². The fourth-order valence-corrected chi connectivity index (χ4v) is 1.48. The number of hydrogen-bond donors (Lipinski definition) is 1. The molecule has 14 heavy (non-hydrogen) atoms. The van der Waals surface area contributed by atoms with Crippen LogP contribution in [0.15, 0.2) is 10.6 Å². The molecule has 1 rings (SSSR count). The third kappa shape index (κ3) is 3.92. The van der Waals surface area contributed by atoms with Gasteiger partial charge >= 0.3 is 0 Å². The van der Waals surface area contributed by atoms with Crippen molar-refractivity contribution in [3.05, 3.63) is 17.5 Å². The summed E-state index contributed by atoms with van der Waals surface area (Å²) < 4.78 is 5.02. The van der Waals surface area contributed by atoms with Crippen molar-refractivity contribution >= 4 is 0 Å². The van der Waals surface area contributed by atoms with Gasteiger partial charge in [-0.3, -0.25) is 0 Å². The van der Waals surface area contributed by atoms with Crippen LogP contribution in [-0.4, -0.2) is 5.16 Å². The molecule has 0 amide bonds. The predicted octanol–water partition coefficient (Wildman–Crippen LogP) is 2.65. The van der Waals surface area contributed by atoms with Crippen LogP contribution in [-0.2, 0) is 13.0 Å². The number of rotatable bonds is 7. The van der Waals surface area contributed by atoms with E-state index in [4.69, 9.17) is 10.3 Å². The Kier molecular flexibility index (Phi) is 5.30. The maximum atomic E-state index is 5.42. The molecule has 0 saturated heterocycles. The standard InChI is InChI=1S/C11H20N2O/c1-2-3-4-5-6-7-10-8-11(9-12)14-13-10/h8H,2-7,9,12H2,1H3. The molecule has 1 aromatic rings. The first-order valence-corrected chi connectivity index (χ1v) is 5.51. The zero-order valence-corrected chi connectivity index (χ0v) is 8.96. The molecule has 0 atom stereocenters. The minimum Gasteiger partial charge on any atom is -0.360 e. The highest BCUT2D eigenvalue weighted by atomic mass is 16.5. The minimum atomic E-state index is 0.447. The van der Waals surface area contributed by atoms with Crippen LogP contribution in [0.4, 0.5) is 0 Å². The Labute approximate surface area is 85.7 Å². The smallest absolute Gasteiger partial charge is 0.150 e. The molecule has 0 aliphatic heterocycles. The van der Waals surface area contributed by atoms with Gasteiger partial charge in [0.25, 0.3) is 0 Å². The molecule has 0 radical (unpaired) electrons. The number of nitrogens with zero attached hydrogens (tertiary/aromatic N) is 1. The van der Waals surface area contributed by atoms with Crippen LogP contribution in [0.25, 0.3) is 0 Å². The van der Waals surface area contributed by atoms with Gasteiger partial charge in [0.1, 0.15) is 0 Å². The Morgan fingerprint density at radius 1 is 1.29 bits per heavy atom. The van der Waals surface area contributed by atoms with Gasteiger partial charge in [-0.1, -0.05) is 37.8 Å². The Hall–Kier alpha value is -0.830. The van der Waals surface area contributed by atoms with Gasteiger partial charge in [0.15, 0.2) is 5.76 Å². The van der Waals surface area contributed by atoms with E-state index >= 15 is 0 Å². The second kappa shape index (κ2) is 6.60. The molecular weight excluding hydrogens is 176 g/mol. The van der Waals surface area contributed by atoms with Crippen LogP contribution in [0.2, 0.25) is 0 Å². The molecule has 3 heteroatoms. The van der Waals surface area contributed by atoms with Crippen LogP contribution in [0.1, 0.15) is 50.5 Å². The summed E-state index contributed by atoms with van der Waals surface area (Å²) in [5.74, 6) is 0.786. The van der Waals surface area contributed by atoms with E-state index in [1.54, 1.807) is 0 Å². The van der Waals surface area contributed by atoms with Crippen LogP contribution >= 0.6 is 0 Å². The molecular formula is C11H20N2O. The highest BCUT2D eigenvalue weighted by molar-refractivity contribution is 5.04. The average Bonchev–Trinajstić information content (AvgIpc) is 2.65. The molecule has 2 N–H and O–H groups in total. The van der Waals surface area contributed by atoms with Crippen molar-refractivity contribution in [3.8, 4) is 0 Å². The molecule has 0 fully saturated rings. The number of hydrogen-bond acceptors (Lipinski definition) is 3. The molecule has 0 aliphatic rings. The van der Waals surface area contributed by atoms with Crippen LogP contribution in [0.5, 0.6) is 0 Å². The topological polar surface area (TPSA) is 52.0 Å². The molecule has 0 unspecified atom stereocenters. The Balaban J connectivity index is 2.12. The van der Waals surface area contributed by atoms with Gasteiger partial charge in [-0.25, -0.2) is 0 Å². The van der Waals surface area contributed by atoms with Gasteiger partial charge in [0, 0.05) is 6.07 Å². The lowest BCUT2D eigenvalue weighted by atomic mass is 10.1. The van der Waals surface area contributed by atoms with Crippen molar-refractivity contribution in [2.75, 3.05) is 0 Å². The molecule has 80 valence electrons. The second-order valence-corrected chi connectivity index (χ2v) is 3.65. The fourth-order valence-electron chi connectivity index (χ4n) is 1.48. The van der Waals surface area contributed by atoms with Crippen molar-refractivity contribution in [1.29, 1.82) is 0 Å². The monoisotopic (exact) mass is 196 g/mol. The molecule has 3 nitrogen and oxygen atoms in total. The quantitative estimate of drug-likeness (QED) is 0.682. The summed E-state index contributed by atoms with van der Waals surface area (Å²) in [6.45, 7) is 2.67. The van der Waals surface area contributed by atoms with E-state index in [9.17, 15) is 0 Å². The first-order valence-electron chi connectivity index (χ1n) is 5.51. The number of aryl methyl sites for hydroxylation is 1. The first-order chi connectivity index (χ1) is 6.86. The van der Waals surface area contributed by atoms with Crippen molar-refractivity contribution < 1.29 is 4.52 Å². The summed E-state index contributed by atoms with van der Waals surface area (Å²) in [5, 5.41) is 3.95. The second-order valence-electron chi connectivity index (χ2n) is 3.65. The Morgan fingerprint density at radius 2 is 2.07 bits per heavy atom. The molecule has 0 spiro atoms. The summed E-state index contributed by atoms with van der Waals surface area (Å²) in [6.07, 6.45) is 7.48. The number of nitrogens with two attached hydrogens (primary N) is 1. The highest BCUT2D eigenvalue weighted by Gasteiger charge is 2.01. The van der Waals surface area contributed by atoms with E-state index in [0.717, 1.165) is 17.9 Å². The molecule has 0 aliphatic carbocycles. The first kappa shape index (κ1) is 11.2. The molecule has 1 heterocycles. The molecule has 0 aromatic carbocycles. The van der Waals surface area contributed by atoms with E-state index in [1.165, 1.54) is 32.1 Å². The maximum absolute atomic E-state index is 5.42. The number of unbranched alkanes of at least 4 members (excludes halogenated alkanes) is 4. The lowest BCUT2D eigenvalue weighted by Crippen LogP contribution is -1.92. The molecule has 0 bridgehead atoms. The van der Waals surface area contributed by atoms with E-state index in [0.29, 0.717) is 6.54 Å². The van der Waals surface area contributed by atoms with Crippen LogP contribution < -0.4 is 5.73 Å². The summed E-state index contributed by atoms with van der Waals surface area (Å²) in [6, 6.07) is 1.96. The third-order valence-electron chi connectivity index (χ3n) is 2.35. The van der Waals surface area contributed by atoms with Gasteiger partial charge in [-0.15, -0.1) is 0 Å². The van der Waals surface area contributed by atoms with E-state index < -0.39 is 0 Å². The number of aromatic nitrogens is 1. The van der Waals surface area contributed by atoms with Crippen molar-refractivity contribution in [2.45, 2.75) is 52.0 Å². The SMILES string of the molecule is CCCCCCCc1cc(CN)on1. The van der Waals surface area contributed by atoms with Gasteiger partial charge in [0.2, 0.25) is 0 Å². The zero-order chi connectivity index (χ0) is 10.2.